The summed E-state index contributed by atoms with van der Waals surface area (Å²) in [5, 5.41) is 2.79. The molecule has 0 fully saturated rings. The minimum absolute atomic E-state index is 0.0401. The van der Waals surface area contributed by atoms with Crippen molar-refractivity contribution >= 4 is 29.1 Å². The Labute approximate surface area is 128 Å². The molecule has 0 bridgehead atoms. The lowest BCUT2D eigenvalue weighted by Gasteiger charge is -2.23. The molecule has 0 atom stereocenters. The van der Waals surface area contributed by atoms with Gasteiger partial charge in [-0.2, -0.15) is 0 Å². The van der Waals surface area contributed by atoms with Crippen LogP contribution in [-0.2, 0) is 9.53 Å². The number of carbonyl (C=O) groups excluding carboxylic acids is 3. The summed E-state index contributed by atoms with van der Waals surface area (Å²) in [5.41, 5.74) is -0.345. The van der Waals surface area contributed by atoms with E-state index in [1.165, 1.54) is 18.1 Å². The molecule has 1 aromatic heterocycles. The molecule has 1 aromatic rings. The van der Waals surface area contributed by atoms with Crippen LogP contribution in [-0.4, -0.2) is 48.9 Å². The highest BCUT2D eigenvalue weighted by Crippen LogP contribution is 2.18. The maximum absolute atomic E-state index is 12.2. The minimum atomic E-state index is -0.479. The molecule has 0 aliphatic heterocycles. The second-order valence-corrected chi connectivity index (χ2v) is 6.70. The zero-order chi connectivity index (χ0) is 16.2. The van der Waals surface area contributed by atoms with Gasteiger partial charge >= 0.3 is 5.97 Å². The fourth-order valence-electron chi connectivity index (χ4n) is 1.60. The summed E-state index contributed by atoms with van der Waals surface area (Å²) in [6.45, 7) is 5.57. The average Bonchev–Trinajstić information content (AvgIpc) is 2.83. The van der Waals surface area contributed by atoms with E-state index < -0.39 is 5.97 Å². The van der Waals surface area contributed by atoms with Crippen molar-refractivity contribution in [1.29, 1.82) is 0 Å². The van der Waals surface area contributed by atoms with Gasteiger partial charge in [0, 0.05) is 12.6 Å². The van der Waals surface area contributed by atoms with Gasteiger partial charge in [0.2, 0.25) is 5.91 Å². The van der Waals surface area contributed by atoms with Crippen molar-refractivity contribution in [1.82, 2.24) is 10.2 Å². The van der Waals surface area contributed by atoms with E-state index in [1.807, 2.05) is 20.8 Å². The third-order valence-electron chi connectivity index (χ3n) is 2.45. The highest BCUT2D eigenvalue weighted by molar-refractivity contribution is 7.15. The van der Waals surface area contributed by atoms with Crippen molar-refractivity contribution in [2.75, 3.05) is 20.7 Å². The van der Waals surface area contributed by atoms with Gasteiger partial charge in [-0.05, 0) is 32.9 Å². The van der Waals surface area contributed by atoms with Crippen LogP contribution in [0.15, 0.2) is 12.1 Å². The third-order valence-corrected chi connectivity index (χ3v) is 3.50. The first-order chi connectivity index (χ1) is 9.64. The Bertz CT molecular complexity index is 545. The predicted molar refractivity (Wildman–Crippen MR) is 80.5 cm³/mol. The lowest BCUT2D eigenvalue weighted by Crippen LogP contribution is -2.46. The molecule has 21 heavy (non-hydrogen) atoms. The number of nitrogens with one attached hydrogen (secondary N) is 1. The minimum Gasteiger partial charge on any atom is -0.465 e. The first-order valence-electron chi connectivity index (χ1n) is 6.38. The molecule has 1 rings (SSSR count). The Morgan fingerprint density at radius 3 is 2.33 bits per heavy atom. The van der Waals surface area contributed by atoms with Crippen LogP contribution in [0.2, 0.25) is 0 Å². The van der Waals surface area contributed by atoms with E-state index in [0.717, 1.165) is 11.3 Å². The molecular formula is C14H20N2O4S. The average molecular weight is 312 g/mol. The van der Waals surface area contributed by atoms with Crippen molar-refractivity contribution in [3.63, 3.8) is 0 Å². The quantitative estimate of drug-likeness (QED) is 0.855. The molecule has 116 valence electrons. The van der Waals surface area contributed by atoms with Crippen molar-refractivity contribution in [2.24, 2.45) is 0 Å². The number of amides is 2. The Hall–Kier alpha value is -1.89. The molecule has 2 amide bonds. The van der Waals surface area contributed by atoms with Gasteiger partial charge in [0.25, 0.3) is 5.91 Å². The molecule has 0 aromatic carbocycles. The number of methoxy groups -OCH3 is 1. The molecule has 1 N–H and O–H groups in total. The Morgan fingerprint density at radius 1 is 1.24 bits per heavy atom. The summed E-state index contributed by atoms with van der Waals surface area (Å²) in [4.78, 5) is 37.4. The molecule has 1 heterocycles. The molecule has 0 aliphatic rings. The summed E-state index contributed by atoms with van der Waals surface area (Å²) < 4.78 is 4.59. The van der Waals surface area contributed by atoms with Gasteiger partial charge < -0.3 is 15.0 Å². The van der Waals surface area contributed by atoms with Gasteiger partial charge in [0.05, 0.1) is 18.5 Å². The molecule has 0 spiro atoms. The lowest BCUT2D eigenvalue weighted by atomic mass is 10.1. The zero-order valence-electron chi connectivity index (χ0n) is 12.9. The first-order valence-corrected chi connectivity index (χ1v) is 7.20. The van der Waals surface area contributed by atoms with Crippen molar-refractivity contribution in [3.05, 3.63) is 21.9 Å². The molecular weight excluding hydrogens is 292 g/mol. The van der Waals surface area contributed by atoms with E-state index >= 15 is 0 Å². The molecule has 0 unspecified atom stereocenters. The SMILES string of the molecule is COC(=O)c1ccc(C(=O)N(C)CC(=O)NC(C)(C)C)s1. The maximum atomic E-state index is 12.2. The number of ether oxygens (including phenoxy) is 1. The fraction of sp³-hybridized carbons (Fsp3) is 0.500. The zero-order valence-corrected chi connectivity index (χ0v) is 13.7. The Kier molecular flexibility index (Phi) is 5.48. The van der Waals surface area contributed by atoms with Gasteiger partial charge in [-0.1, -0.05) is 0 Å². The fourth-order valence-corrected chi connectivity index (χ4v) is 2.52. The first kappa shape index (κ1) is 17.2. The number of carbonyl (C=O) groups is 3. The van der Waals surface area contributed by atoms with Crippen LogP contribution >= 0.6 is 11.3 Å². The van der Waals surface area contributed by atoms with Crippen molar-refractivity contribution in [3.8, 4) is 0 Å². The van der Waals surface area contributed by atoms with E-state index in [-0.39, 0.29) is 23.9 Å². The maximum Gasteiger partial charge on any atom is 0.348 e. The summed E-state index contributed by atoms with van der Waals surface area (Å²) >= 11 is 1.04. The van der Waals surface area contributed by atoms with Crippen molar-refractivity contribution < 1.29 is 19.1 Å². The highest BCUT2D eigenvalue weighted by Gasteiger charge is 2.21. The molecule has 6 nitrogen and oxygen atoms in total. The summed E-state index contributed by atoms with van der Waals surface area (Å²) in [6.07, 6.45) is 0. The molecule has 0 saturated carbocycles. The Morgan fingerprint density at radius 2 is 1.81 bits per heavy atom. The number of likely N-dealkylation sites (N-methyl/N-ethyl adjacent to an activating group) is 1. The monoisotopic (exact) mass is 312 g/mol. The predicted octanol–water partition coefficient (Wildman–Crippen LogP) is 1.52. The molecule has 0 aliphatic carbocycles. The highest BCUT2D eigenvalue weighted by atomic mass is 32.1. The van der Waals surface area contributed by atoms with Crippen LogP contribution in [0.25, 0.3) is 0 Å². The van der Waals surface area contributed by atoms with Crippen LogP contribution in [0, 0.1) is 0 Å². The third kappa shape index (κ3) is 5.18. The molecule has 0 saturated heterocycles. The van der Waals surface area contributed by atoms with Crippen LogP contribution in [0.4, 0.5) is 0 Å². The second kappa shape index (κ2) is 6.71. The van der Waals surface area contributed by atoms with E-state index in [9.17, 15) is 14.4 Å². The lowest BCUT2D eigenvalue weighted by molar-refractivity contribution is -0.122. The van der Waals surface area contributed by atoms with E-state index in [0.29, 0.717) is 9.75 Å². The van der Waals surface area contributed by atoms with Crippen LogP contribution in [0.3, 0.4) is 0 Å². The summed E-state index contributed by atoms with van der Waals surface area (Å²) in [6, 6.07) is 3.09. The van der Waals surface area contributed by atoms with Gasteiger partial charge in [-0.25, -0.2) is 4.79 Å². The largest absolute Gasteiger partial charge is 0.465 e. The summed E-state index contributed by atoms with van der Waals surface area (Å²) in [5.74, 6) is -1.02. The number of hydrogen-bond donors (Lipinski definition) is 1. The number of nitrogens with zero attached hydrogens (tertiary/aromatic N) is 1. The number of thiophene rings is 1. The molecule has 7 heteroatoms. The van der Waals surface area contributed by atoms with Crippen LogP contribution < -0.4 is 5.32 Å². The number of esters is 1. The van der Waals surface area contributed by atoms with Gasteiger partial charge in [-0.3, -0.25) is 9.59 Å². The van der Waals surface area contributed by atoms with Crippen LogP contribution in [0.1, 0.15) is 40.1 Å². The van der Waals surface area contributed by atoms with Gasteiger partial charge in [0.15, 0.2) is 0 Å². The number of rotatable bonds is 4. The van der Waals surface area contributed by atoms with E-state index in [2.05, 4.69) is 10.1 Å². The standard InChI is InChI=1S/C14H20N2O4S/c1-14(2,3)15-11(17)8-16(4)12(18)9-6-7-10(21-9)13(19)20-5/h6-7H,8H2,1-5H3,(H,15,17). The van der Waals surface area contributed by atoms with Gasteiger partial charge in [-0.15, -0.1) is 11.3 Å². The van der Waals surface area contributed by atoms with E-state index in [1.54, 1.807) is 13.1 Å². The summed E-state index contributed by atoms with van der Waals surface area (Å²) in [7, 11) is 2.83. The normalized spacial score (nSPS) is 10.9. The van der Waals surface area contributed by atoms with Gasteiger partial charge in [0.1, 0.15) is 4.88 Å². The molecule has 0 radical (unpaired) electrons. The Balaban J connectivity index is 2.68. The van der Waals surface area contributed by atoms with Crippen LogP contribution in [0.5, 0.6) is 0 Å². The smallest absolute Gasteiger partial charge is 0.348 e. The topological polar surface area (TPSA) is 75.7 Å². The van der Waals surface area contributed by atoms with Crippen molar-refractivity contribution in [2.45, 2.75) is 26.3 Å². The second-order valence-electron chi connectivity index (χ2n) is 5.61. The number of hydrogen-bond acceptors (Lipinski definition) is 5. The van der Waals surface area contributed by atoms with E-state index in [4.69, 9.17) is 0 Å².